The van der Waals surface area contributed by atoms with Crippen LogP contribution in [0.2, 0.25) is 0 Å². The van der Waals surface area contributed by atoms with Crippen LogP contribution in [-0.4, -0.2) is 62.1 Å². The summed E-state index contributed by atoms with van der Waals surface area (Å²) in [6.45, 7) is 10.9. The van der Waals surface area contributed by atoms with Crippen LogP contribution in [0.5, 0.6) is 0 Å². The van der Waals surface area contributed by atoms with E-state index in [-0.39, 0.29) is 60.6 Å². The third kappa shape index (κ3) is 3.62. The molecule has 0 aromatic rings. The lowest BCUT2D eigenvalue weighted by molar-refractivity contribution is -0.266. The highest BCUT2D eigenvalue weighted by atomic mass is 16.8. The van der Waals surface area contributed by atoms with Gasteiger partial charge in [0.05, 0.1) is 18.1 Å². The van der Waals surface area contributed by atoms with Gasteiger partial charge < -0.3 is 28.4 Å². The molecular weight excluding hydrogens is 440 g/mol. The Morgan fingerprint density at radius 3 is 2.47 bits per heavy atom. The molecule has 5 aliphatic rings. The van der Waals surface area contributed by atoms with E-state index in [1.54, 1.807) is 0 Å². The quantitative estimate of drug-likeness (QED) is 0.421. The molecule has 3 heterocycles. The fourth-order valence-corrected chi connectivity index (χ4v) is 8.07. The molecule has 2 saturated carbocycles. The lowest BCUT2D eigenvalue weighted by Gasteiger charge is -2.64. The molecule has 5 fully saturated rings. The molecule has 10 atom stereocenters. The molecule has 0 aromatic heterocycles. The van der Waals surface area contributed by atoms with Gasteiger partial charge >= 0.3 is 11.9 Å². The number of rotatable bonds is 6. The van der Waals surface area contributed by atoms with Crippen LogP contribution >= 0.6 is 0 Å². The average Bonchev–Trinajstić information content (AvgIpc) is 3.27. The van der Waals surface area contributed by atoms with Crippen molar-refractivity contribution in [1.82, 2.24) is 0 Å². The maximum absolute atomic E-state index is 12.2. The summed E-state index contributed by atoms with van der Waals surface area (Å²) < 4.78 is 36.4. The van der Waals surface area contributed by atoms with E-state index < -0.39 is 11.0 Å². The number of esters is 2. The normalized spacial score (nSPS) is 49.4. The molecule has 8 heteroatoms. The van der Waals surface area contributed by atoms with Gasteiger partial charge in [0.1, 0.15) is 18.3 Å². The number of hydrogen-bond acceptors (Lipinski definition) is 8. The summed E-state index contributed by atoms with van der Waals surface area (Å²) in [5.74, 6) is 0.0563. The molecule has 0 radical (unpaired) electrons. The van der Waals surface area contributed by atoms with Crippen LogP contribution in [0.25, 0.3) is 0 Å². The molecule has 192 valence electrons. The molecule has 2 aliphatic carbocycles. The summed E-state index contributed by atoms with van der Waals surface area (Å²) in [5.41, 5.74) is -1.21. The van der Waals surface area contributed by atoms with E-state index >= 15 is 0 Å². The highest BCUT2D eigenvalue weighted by Gasteiger charge is 2.76. The van der Waals surface area contributed by atoms with Crippen molar-refractivity contribution in [2.24, 2.45) is 28.6 Å². The molecule has 1 spiro atoms. The molecule has 0 bridgehead atoms. The lowest BCUT2D eigenvalue weighted by atomic mass is 9.42. The van der Waals surface area contributed by atoms with E-state index in [0.29, 0.717) is 25.6 Å². The van der Waals surface area contributed by atoms with E-state index in [4.69, 9.17) is 28.4 Å². The molecule has 5 rings (SSSR count). The van der Waals surface area contributed by atoms with Crippen molar-refractivity contribution >= 4 is 11.9 Å². The standard InChI is InChI=1S/C26H40O8/c1-6-29-22-12-18-11-20(33-23(18)34-22)24(5)15(2)10-21(32-17(4)28)26(14-30-16(3)27)19(24)8-7-9-25(26)13-31-25/h15,18-23H,6-14H2,1-5H3/t15-,18+,19-,20+,21+,22-,23-,24+,25+,26+/m1/s1. The lowest BCUT2D eigenvalue weighted by Crippen LogP contribution is -2.69. The third-order valence-corrected chi connectivity index (χ3v) is 9.84. The molecule has 8 nitrogen and oxygen atoms in total. The summed E-state index contributed by atoms with van der Waals surface area (Å²) in [6.07, 6.45) is 4.56. The summed E-state index contributed by atoms with van der Waals surface area (Å²) in [6, 6.07) is 0. The van der Waals surface area contributed by atoms with Crippen molar-refractivity contribution in [1.29, 1.82) is 0 Å². The van der Waals surface area contributed by atoms with Gasteiger partial charge in [0, 0.05) is 38.2 Å². The maximum atomic E-state index is 12.2. The predicted molar refractivity (Wildman–Crippen MR) is 120 cm³/mol. The number of epoxide rings is 1. The van der Waals surface area contributed by atoms with Gasteiger partial charge in [-0.15, -0.1) is 0 Å². The Hall–Kier alpha value is -1.22. The van der Waals surface area contributed by atoms with Crippen molar-refractivity contribution in [2.45, 2.75) is 104 Å². The Balaban J connectivity index is 1.50. The average molecular weight is 481 g/mol. The summed E-state index contributed by atoms with van der Waals surface area (Å²) in [4.78, 5) is 24.2. The van der Waals surface area contributed by atoms with Crippen molar-refractivity contribution in [2.75, 3.05) is 19.8 Å². The van der Waals surface area contributed by atoms with Gasteiger partial charge in [-0.05, 0) is 44.4 Å². The van der Waals surface area contributed by atoms with Crippen LogP contribution in [-0.2, 0) is 38.0 Å². The second kappa shape index (κ2) is 8.71. The zero-order valence-corrected chi connectivity index (χ0v) is 21.2. The topological polar surface area (TPSA) is 92.8 Å². The Labute approximate surface area is 202 Å². The fourth-order valence-electron chi connectivity index (χ4n) is 8.07. The first kappa shape index (κ1) is 24.5. The first-order valence-electron chi connectivity index (χ1n) is 13.0. The van der Waals surface area contributed by atoms with Gasteiger partial charge in [0.2, 0.25) is 0 Å². The van der Waals surface area contributed by atoms with E-state index in [0.717, 1.165) is 32.1 Å². The molecule has 34 heavy (non-hydrogen) atoms. The fraction of sp³-hybridized carbons (Fsp3) is 0.923. The number of carbonyl (C=O) groups is 2. The Kier molecular flexibility index (Phi) is 6.27. The first-order valence-corrected chi connectivity index (χ1v) is 13.0. The van der Waals surface area contributed by atoms with Crippen molar-refractivity contribution < 1.29 is 38.0 Å². The van der Waals surface area contributed by atoms with Crippen LogP contribution in [0.3, 0.4) is 0 Å². The minimum Gasteiger partial charge on any atom is -0.465 e. The molecular formula is C26H40O8. The zero-order valence-electron chi connectivity index (χ0n) is 21.2. The van der Waals surface area contributed by atoms with E-state index in [1.807, 2.05) is 6.92 Å². The Morgan fingerprint density at radius 2 is 1.85 bits per heavy atom. The SMILES string of the molecule is CCO[C@H]1C[C@@H]2C[C@@H]([C@@]3(C)[C@H](C)C[C@H](OC(C)=O)[C@]4(COC(C)=O)[C@@H]3CCC[C@]43CO3)O[C@@H]2O1. The Morgan fingerprint density at radius 1 is 1.09 bits per heavy atom. The van der Waals surface area contributed by atoms with Crippen LogP contribution in [0, 0.1) is 28.6 Å². The highest BCUT2D eigenvalue weighted by Crippen LogP contribution is 2.70. The van der Waals surface area contributed by atoms with Gasteiger partial charge in [-0.1, -0.05) is 20.3 Å². The van der Waals surface area contributed by atoms with Crippen LogP contribution in [0.1, 0.15) is 73.1 Å². The van der Waals surface area contributed by atoms with Crippen molar-refractivity contribution in [3.63, 3.8) is 0 Å². The highest BCUT2D eigenvalue weighted by molar-refractivity contribution is 5.67. The van der Waals surface area contributed by atoms with Crippen molar-refractivity contribution in [3.05, 3.63) is 0 Å². The molecule has 3 aliphatic heterocycles. The summed E-state index contributed by atoms with van der Waals surface area (Å²) in [5, 5.41) is 0. The molecule has 0 amide bonds. The summed E-state index contributed by atoms with van der Waals surface area (Å²) >= 11 is 0. The molecule has 0 unspecified atom stereocenters. The molecule has 3 saturated heterocycles. The van der Waals surface area contributed by atoms with Gasteiger partial charge in [-0.2, -0.15) is 0 Å². The second-order valence-corrected chi connectivity index (χ2v) is 11.4. The van der Waals surface area contributed by atoms with Gasteiger partial charge in [-0.25, -0.2) is 0 Å². The van der Waals surface area contributed by atoms with E-state index in [1.165, 1.54) is 13.8 Å². The molecule has 0 N–H and O–H groups in total. The van der Waals surface area contributed by atoms with Gasteiger partial charge in [0.15, 0.2) is 12.6 Å². The predicted octanol–water partition coefficient (Wildman–Crippen LogP) is 3.60. The van der Waals surface area contributed by atoms with E-state index in [9.17, 15) is 9.59 Å². The van der Waals surface area contributed by atoms with Crippen LogP contribution in [0.4, 0.5) is 0 Å². The van der Waals surface area contributed by atoms with E-state index in [2.05, 4.69) is 13.8 Å². The number of carbonyl (C=O) groups excluding carboxylic acids is 2. The number of ether oxygens (including phenoxy) is 6. The first-order chi connectivity index (χ1) is 16.2. The minimum absolute atomic E-state index is 0.00829. The summed E-state index contributed by atoms with van der Waals surface area (Å²) in [7, 11) is 0. The molecule has 0 aromatic carbocycles. The van der Waals surface area contributed by atoms with Crippen molar-refractivity contribution in [3.8, 4) is 0 Å². The maximum Gasteiger partial charge on any atom is 0.302 e. The largest absolute Gasteiger partial charge is 0.465 e. The van der Waals surface area contributed by atoms with Crippen LogP contribution in [0.15, 0.2) is 0 Å². The van der Waals surface area contributed by atoms with Gasteiger partial charge in [0.25, 0.3) is 0 Å². The Bertz CT molecular complexity index is 797. The van der Waals surface area contributed by atoms with Crippen LogP contribution < -0.4 is 0 Å². The third-order valence-electron chi connectivity index (χ3n) is 9.84. The zero-order chi connectivity index (χ0) is 24.3. The second-order valence-electron chi connectivity index (χ2n) is 11.4. The monoisotopic (exact) mass is 480 g/mol. The van der Waals surface area contributed by atoms with Gasteiger partial charge in [-0.3, -0.25) is 9.59 Å². The smallest absolute Gasteiger partial charge is 0.302 e. The number of hydrogen-bond donors (Lipinski definition) is 0. The number of fused-ring (bicyclic) bond motifs is 3. The minimum atomic E-state index is -0.584.